The van der Waals surface area contributed by atoms with E-state index in [0.717, 1.165) is 0 Å². The molecule has 2 aromatic heterocycles. The molecule has 0 aliphatic rings. The lowest BCUT2D eigenvalue weighted by Gasteiger charge is -1.63. The third kappa shape index (κ3) is 6.74. The zero-order chi connectivity index (χ0) is 10.8. The zero-order valence-electron chi connectivity index (χ0n) is 9.02. The largest absolute Gasteiger partial charge is 0.201 e. The van der Waals surface area contributed by atoms with Crippen LogP contribution >= 0.6 is 23.1 Å². The maximum atomic E-state index is 3.86. The standard InChI is InChI=1S/2C4H5NS.C2H6/c2*1-4-2-3-5-6-4;1-2/h2*2-3H,1H3;1-2H3. The van der Waals surface area contributed by atoms with Gasteiger partial charge in [0.25, 0.3) is 0 Å². The van der Waals surface area contributed by atoms with Crippen LogP contribution in [0.1, 0.15) is 23.6 Å². The van der Waals surface area contributed by atoms with Crippen LogP contribution in [0.5, 0.6) is 0 Å². The molecule has 2 rings (SSSR count). The van der Waals surface area contributed by atoms with Gasteiger partial charge in [-0.25, -0.2) is 8.75 Å². The summed E-state index contributed by atoms with van der Waals surface area (Å²) in [7, 11) is 0. The smallest absolute Gasteiger partial charge is 0.0409 e. The highest BCUT2D eigenvalue weighted by Crippen LogP contribution is 1.99. The highest BCUT2D eigenvalue weighted by atomic mass is 32.1. The Hall–Kier alpha value is -0.740. The molecule has 0 amide bonds. The van der Waals surface area contributed by atoms with Crippen LogP contribution in [0.15, 0.2) is 24.5 Å². The topological polar surface area (TPSA) is 25.8 Å². The molecule has 0 saturated heterocycles. The van der Waals surface area contributed by atoms with Crippen molar-refractivity contribution in [3.63, 3.8) is 0 Å². The van der Waals surface area contributed by atoms with Gasteiger partial charge in [-0.15, -0.1) is 0 Å². The summed E-state index contributed by atoms with van der Waals surface area (Å²) in [6, 6.07) is 3.98. The van der Waals surface area contributed by atoms with E-state index in [1.54, 1.807) is 12.4 Å². The summed E-state index contributed by atoms with van der Waals surface area (Å²) in [5.74, 6) is 0. The summed E-state index contributed by atoms with van der Waals surface area (Å²) in [5, 5.41) is 0. The summed E-state index contributed by atoms with van der Waals surface area (Å²) in [4.78, 5) is 2.55. The molecule has 0 aliphatic carbocycles. The number of aryl methyl sites for hydroxylation is 2. The maximum absolute atomic E-state index is 3.86. The predicted molar refractivity (Wildman–Crippen MR) is 65.1 cm³/mol. The SMILES string of the molecule is CC.Cc1ccns1.Cc1ccns1. The van der Waals surface area contributed by atoms with Gasteiger partial charge < -0.3 is 0 Å². The summed E-state index contributed by atoms with van der Waals surface area (Å²) in [5.41, 5.74) is 0. The fourth-order valence-electron chi connectivity index (χ4n) is 0.559. The predicted octanol–water partition coefficient (Wildman–Crippen LogP) is 3.93. The van der Waals surface area contributed by atoms with Crippen LogP contribution in [-0.2, 0) is 0 Å². The minimum atomic E-state index is 1.27. The molecule has 0 saturated carbocycles. The van der Waals surface area contributed by atoms with Gasteiger partial charge in [0.15, 0.2) is 0 Å². The average Bonchev–Trinajstić information content (AvgIpc) is 2.83. The van der Waals surface area contributed by atoms with Gasteiger partial charge in [-0.2, -0.15) is 0 Å². The Labute approximate surface area is 94.0 Å². The molecule has 78 valence electrons. The number of rotatable bonds is 0. The minimum absolute atomic E-state index is 1.27. The Kier molecular flexibility index (Phi) is 8.37. The minimum Gasteiger partial charge on any atom is -0.201 e. The lowest BCUT2D eigenvalue weighted by atomic mass is 10.6. The van der Waals surface area contributed by atoms with Crippen molar-refractivity contribution in [1.82, 2.24) is 8.75 Å². The number of aromatic nitrogens is 2. The van der Waals surface area contributed by atoms with Crippen LogP contribution in [0, 0.1) is 13.8 Å². The Morgan fingerprint density at radius 2 is 1.21 bits per heavy atom. The van der Waals surface area contributed by atoms with E-state index in [-0.39, 0.29) is 0 Å². The molecule has 14 heavy (non-hydrogen) atoms. The van der Waals surface area contributed by atoms with Crippen LogP contribution in [0.3, 0.4) is 0 Å². The Morgan fingerprint density at radius 3 is 1.29 bits per heavy atom. The van der Waals surface area contributed by atoms with Gasteiger partial charge in [-0.05, 0) is 49.0 Å². The number of hydrogen-bond acceptors (Lipinski definition) is 4. The van der Waals surface area contributed by atoms with Gasteiger partial charge in [0.2, 0.25) is 0 Å². The molecule has 0 aromatic carbocycles. The first-order chi connectivity index (χ1) is 6.79. The summed E-state index contributed by atoms with van der Waals surface area (Å²) in [6.45, 7) is 8.08. The summed E-state index contributed by atoms with van der Waals surface area (Å²) in [6.07, 6.45) is 3.61. The normalized spacial score (nSPS) is 8.00. The van der Waals surface area contributed by atoms with Gasteiger partial charge in [-0.3, -0.25) is 0 Å². The van der Waals surface area contributed by atoms with Crippen molar-refractivity contribution in [2.24, 2.45) is 0 Å². The van der Waals surface area contributed by atoms with E-state index in [1.165, 1.54) is 32.8 Å². The van der Waals surface area contributed by atoms with Gasteiger partial charge >= 0.3 is 0 Å². The fraction of sp³-hybridized carbons (Fsp3) is 0.400. The van der Waals surface area contributed by atoms with Crippen LogP contribution < -0.4 is 0 Å². The Bertz CT molecular complexity index is 256. The highest BCUT2D eigenvalue weighted by Gasteiger charge is 1.77. The van der Waals surface area contributed by atoms with Crippen molar-refractivity contribution in [2.45, 2.75) is 27.7 Å². The molecule has 0 bridgehead atoms. The molecule has 0 spiro atoms. The van der Waals surface area contributed by atoms with E-state index < -0.39 is 0 Å². The lowest BCUT2D eigenvalue weighted by Crippen LogP contribution is -1.43. The lowest BCUT2D eigenvalue weighted by molar-refractivity contribution is 1.50. The second-order valence-corrected chi connectivity index (χ2v) is 4.32. The van der Waals surface area contributed by atoms with Crippen molar-refractivity contribution in [2.75, 3.05) is 0 Å². The number of nitrogens with zero attached hydrogens (tertiary/aromatic N) is 2. The third-order valence-electron chi connectivity index (χ3n) is 1.13. The Morgan fingerprint density at radius 1 is 0.857 bits per heavy atom. The average molecular weight is 228 g/mol. The van der Waals surface area contributed by atoms with Crippen molar-refractivity contribution < 1.29 is 0 Å². The van der Waals surface area contributed by atoms with Crippen molar-refractivity contribution in [3.05, 3.63) is 34.3 Å². The maximum Gasteiger partial charge on any atom is 0.0409 e. The van der Waals surface area contributed by atoms with Gasteiger partial charge in [0.1, 0.15) is 0 Å². The second kappa shape index (κ2) is 8.84. The quantitative estimate of drug-likeness (QED) is 0.683. The molecule has 0 fully saturated rings. The van der Waals surface area contributed by atoms with Crippen molar-refractivity contribution in [3.8, 4) is 0 Å². The van der Waals surface area contributed by atoms with Gasteiger partial charge in [-0.1, -0.05) is 13.8 Å². The first kappa shape index (κ1) is 13.3. The third-order valence-corrected chi connectivity index (χ3v) is 2.44. The Balaban J connectivity index is 0.000000206. The molecular weight excluding hydrogens is 212 g/mol. The van der Waals surface area contributed by atoms with Crippen LogP contribution in [0.4, 0.5) is 0 Å². The zero-order valence-corrected chi connectivity index (χ0v) is 10.7. The molecule has 4 heteroatoms. The van der Waals surface area contributed by atoms with Crippen LogP contribution in [0.25, 0.3) is 0 Å². The first-order valence-electron chi connectivity index (χ1n) is 4.53. The molecule has 0 radical (unpaired) electrons. The van der Waals surface area contributed by atoms with Crippen LogP contribution in [-0.4, -0.2) is 8.75 Å². The molecule has 2 nitrogen and oxygen atoms in total. The molecule has 0 N–H and O–H groups in total. The van der Waals surface area contributed by atoms with Crippen molar-refractivity contribution in [1.29, 1.82) is 0 Å². The van der Waals surface area contributed by atoms with E-state index in [4.69, 9.17) is 0 Å². The molecule has 2 heterocycles. The molecule has 0 aliphatic heterocycles. The highest BCUT2D eigenvalue weighted by molar-refractivity contribution is 7.05. The van der Waals surface area contributed by atoms with Gasteiger partial charge in [0, 0.05) is 22.1 Å². The van der Waals surface area contributed by atoms with E-state index >= 15 is 0 Å². The molecular formula is C10H16N2S2. The second-order valence-electron chi connectivity index (χ2n) is 2.25. The van der Waals surface area contributed by atoms with Gasteiger partial charge in [0.05, 0.1) is 0 Å². The fourth-order valence-corrected chi connectivity index (χ4v) is 1.38. The molecule has 0 atom stereocenters. The van der Waals surface area contributed by atoms with E-state index in [9.17, 15) is 0 Å². The summed E-state index contributed by atoms with van der Waals surface area (Å²) < 4.78 is 7.73. The van der Waals surface area contributed by atoms with E-state index in [1.807, 2.05) is 39.8 Å². The summed E-state index contributed by atoms with van der Waals surface area (Å²) >= 11 is 3.06. The monoisotopic (exact) mass is 228 g/mol. The van der Waals surface area contributed by atoms with Crippen LogP contribution in [0.2, 0.25) is 0 Å². The van der Waals surface area contributed by atoms with E-state index in [0.29, 0.717) is 0 Å². The number of hydrogen-bond donors (Lipinski definition) is 0. The first-order valence-corrected chi connectivity index (χ1v) is 6.08. The van der Waals surface area contributed by atoms with E-state index in [2.05, 4.69) is 8.75 Å². The van der Waals surface area contributed by atoms with Crippen molar-refractivity contribution >= 4 is 23.1 Å². The molecule has 0 unspecified atom stereocenters. The molecule has 2 aromatic rings.